The lowest BCUT2D eigenvalue weighted by atomic mass is 10.1. The Balaban J connectivity index is 3.06. The van der Waals surface area contributed by atoms with Crippen LogP contribution in [0.2, 0.25) is 0 Å². The van der Waals surface area contributed by atoms with E-state index in [0.717, 1.165) is 0 Å². The number of hydrogen-bond donors (Lipinski definition) is 0. The van der Waals surface area contributed by atoms with E-state index in [-0.39, 0.29) is 11.3 Å². The lowest BCUT2D eigenvalue weighted by Crippen LogP contribution is -1.94. The van der Waals surface area contributed by atoms with Gasteiger partial charge in [0.05, 0.1) is 10.5 Å². The van der Waals surface area contributed by atoms with E-state index >= 15 is 0 Å². The van der Waals surface area contributed by atoms with E-state index in [4.69, 9.17) is 11.6 Å². The maximum absolute atomic E-state index is 10.6. The lowest BCUT2D eigenvalue weighted by Gasteiger charge is -1.96. The minimum absolute atomic E-state index is 0.0303. The van der Waals surface area contributed by atoms with E-state index in [1.807, 2.05) is 0 Å². The fourth-order valence-corrected chi connectivity index (χ4v) is 1.20. The van der Waals surface area contributed by atoms with Gasteiger partial charge >= 0.3 is 0 Å². The maximum atomic E-state index is 10.6. The number of benzene rings is 1. The van der Waals surface area contributed by atoms with Crippen molar-refractivity contribution in [1.82, 2.24) is 0 Å². The molecule has 0 atom stereocenters. The molecule has 0 unspecified atom stereocenters. The topological polar surface area (TPSA) is 60.2 Å². The molecule has 0 saturated heterocycles. The number of nitro benzene ring substituents is 1. The second-order valence-corrected chi connectivity index (χ2v) is 3.27. The Morgan fingerprint density at radius 2 is 2.25 bits per heavy atom. The second-order valence-electron chi connectivity index (χ2n) is 2.89. The predicted molar refractivity (Wildman–Crippen MR) is 60.7 cm³/mol. The van der Waals surface area contributed by atoms with Crippen molar-refractivity contribution in [2.75, 3.05) is 5.88 Å². The normalized spacial score (nSPS) is 9.06. The van der Waals surface area contributed by atoms with Gasteiger partial charge in [0, 0.05) is 23.9 Å². The van der Waals surface area contributed by atoms with E-state index < -0.39 is 4.92 Å². The third kappa shape index (κ3) is 3.07. The van der Waals surface area contributed by atoms with Crippen molar-refractivity contribution in [3.8, 4) is 11.8 Å². The highest BCUT2D eigenvalue weighted by atomic mass is 35.5. The van der Waals surface area contributed by atoms with E-state index in [2.05, 4.69) is 11.8 Å². The zero-order chi connectivity index (χ0) is 12.0. The lowest BCUT2D eigenvalue weighted by molar-refractivity contribution is -0.385. The summed E-state index contributed by atoms with van der Waals surface area (Å²) >= 11 is 5.45. The molecule has 0 aromatic heterocycles. The van der Waals surface area contributed by atoms with Crippen molar-refractivity contribution in [3.05, 3.63) is 39.4 Å². The summed E-state index contributed by atoms with van der Waals surface area (Å²) in [6.45, 7) is 0. The summed E-state index contributed by atoms with van der Waals surface area (Å²) in [5.41, 5.74) is 0.387. The SMILES string of the molecule is O=Cc1cc(C#CCCCl)ccc1[N+](=O)[O-]. The molecule has 0 radical (unpaired) electrons. The van der Waals surface area contributed by atoms with E-state index in [1.54, 1.807) is 0 Å². The molecule has 0 saturated carbocycles. The molecule has 1 aromatic rings. The minimum Gasteiger partial charge on any atom is -0.298 e. The molecule has 1 aromatic carbocycles. The molecule has 0 amide bonds. The Bertz CT molecular complexity index is 474. The summed E-state index contributed by atoms with van der Waals surface area (Å²) in [5.74, 6) is 5.99. The van der Waals surface area contributed by atoms with Gasteiger partial charge < -0.3 is 0 Å². The number of alkyl halides is 1. The Hall–Kier alpha value is -1.86. The summed E-state index contributed by atoms with van der Waals surface area (Å²) in [6.07, 6.45) is 0.986. The number of hydrogen-bond acceptors (Lipinski definition) is 3. The summed E-state index contributed by atoms with van der Waals surface area (Å²) in [5, 5.41) is 10.5. The molecule has 4 nitrogen and oxygen atoms in total. The van der Waals surface area contributed by atoms with Gasteiger partial charge in [-0.1, -0.05) is 11.8 Å². The molecule has 0 aliphatic rings. The third-order valence-corrected chi connectivity index (χ3v) is 1.99. The number of rotatable bonds is 3. The molecule has 0 N–H and O–H groups in total. The fraction of sp³-hybridized carbons (Fsp3) is 0.182. The van der Waals surface area contributed by atoms with Crippen LogP contribution < -0.4 is 0 Å². The fourth-order valence-electron chi connectivity index (χ4n) is 1.10. The van der Waals surface area contributed by atoms with Crippen LogP contribution in [0.5, 0.6) is 0 Å². The minimum atomic E-state index is -0.598. The van der Waals surface area contributed by atoms with Crippen LogP contribution in [-0.2, 0) is 0 Å². The maximum Gasteiger partial charge on any atom is 0.279 e. The first kappa shape index (κ1) is 12.2. The van der Waals surface area contributed by atoms with Crippen LogP contribution in [0.1, 0.15) is 22.3 Å². The number of carbonyl (C=O) groups excluding carboxylic acids is 1. The predicted octanol–water partition coefficient (Wildman–Crippen LogP) is 2.39. The highest BCUT2D eigenvalue weighted by Crippen LogP contribution is 2.17. The van der Waals surface area contributed by atoms with Crippen molar-refractivity contribution in [2.45, 2.75) is 6.42 Å². The molecule has 16 heavy (non-hydrogen) atoms. The van der Waals surface area contributed by atoms with Gasteiger partial charge in [0.15, 0.2) is 6.29 Å². The first-order chi connectivity index (χ1) is 7.69. The molecule has 0 bridgehead atoms. The molecule has 1 rings (SSSR count). The highest BCUT2D eigenvalue weighted by molar-refractivity contribution is 6.18. The number of aldehydes is 1. The van der Waals surface area contributed by atoms with Crippen LogP contribution in [0.3, 0.4) is 0 Å². The monoisotopic (exact) mass is 237 g/mol. The first-order valence-corrected chi connectivity index (χ1v) is 5.01. The molecular weight excluding hydrogens is 230 g/mol. The second kappa shape index (κ2) is 5.89. The van der Waals surface area contributed by atoms with Crippen molar-refractivity contribution < 1.29 is 9.72 Å². The van der Waals surface area contributed by atoms with Crippen LogP contribution >= 0.6 is 11.6 Å². The summed E-state index contributed by atoms with van der Waals surface area (Å²) in [6, 6.07) is 4.17. The largest absolute Gasteiger partial charge is 0.298 e. The summed E-state index contributed by atoms with van der Waals surface area (Å²) < 4.78 is 0. The van der Waals surface area contributed by atoms with Gasteiger partial charge in [0.25, 0.3) is 5.69 Å². The average molecular weight is 238 g/mol. The molecule has 0 aliphatic carbocycles. The van der Waals surface area contributed by atoms with E-state index in [9.17, 15) is 14.9 Å². The number of nitro groups is 1. The Morgan fingerprint density at radius 3 is 2.81 bits per heavy atom. The van der Waals surface area contributed by atoms with Gasteiger partial charge in [-0.2, -0.15) is 0 Å². The van der Waals surface area contributed by atoms with E-state index in [0.29, 0.717) is 24.2 Å². The van der Waals surface area contributed by atoms with Crippen molar-refractivity contribution in [3.63, 3.8) is 0 Å². The molecule has 0 spiro atoms. The van der Waals surface area contributed by atoms with Crippen LogP contribution in [0.4, 0.5) is 5.69 Å². The zero-order valence-corrected chi connectivity index (χ0v) is 9.03. The molecule has 0 aliphatic heterocycles. The third-order valence-electron chi connectivity index (χ3n) is 1.80. The molecule has 5 heteroatoms. The van der Waals surface area contributed by atoms with E-state index in [1.165, 1.54) is 18.2 Å². The Morgan fingerprint density at radius 1 is 1.50 bits per heavy atom. The van der Waals surface area contributed by atoms with Gasteiger partial charge in [0.1, 0.15) is 0 Å². The van der Waals surface area contributed by atoms with Gasteiger partial charge in [-0.25, -0.2) is 0 Å². The van der Waals surface area contributed by atoms with Gasteiger partial charge in [-0.15, -0.1) is 11.6 Å². The van der Waals surface area contributed by atoms with Gasteiger partial charge in [-0.05, 0) is 12.1 Å². The van der Waals surface area contributed by atoms with Crippen LogP contribution in [-0.4, -0.2) is 17.1 Å². The number of carbonyl (C=O) groups is 1. The van der Waals surface area contributed by atoms with Crippen LogP contribution in [0, 0.1) is 22.0 Å². The zero-order valence-electron chi connectivity index (χ0n) is 8.27. The van der Waals surface area contributed by atoms with Gasteiger partial charge in [0.2, 0.25) is 0 Å². The Labute approximate surface area is 97.4 Å². The standard InChI is InChI=1S/C11H8ClNO3/c12-6-2-1-3-9-4-5-11(13(15)16)10(7-9)8-14/h4-5,7-8H,2,6H2. The van der Waals surface area contributed by atoms with Crippen molar-refractivity contribution in [1.29, 1.82) is 0 Å². The average Bonchev–Trinajstić information content (AvgIpc) is 2.29. The van der Waals surface area contributed by atoms with Crippen LogP contribution in [0.25, 0.3) is 0 Å². The smallest absolute Gasteiger partial charge is 0.279 e. The number of halogens is 1. The highest BCUT2D eigenvalue weighted by Gasteiger charge is 2.12. The van der Waals surface area contributed by atoms with Crippen molar-refractivity contribution in [2.24, 2.45) is 0 Å². The molecule has 0 fully saturated rings. The quantitative estimate of drug-likeness (QED) is 0.267. The Kier molecular flexibility index (Phi) is 4.49. The summed E-state index contributed by atoms with van der Waals surface area (Å²) in [7, 11) is 0. The number of nitrogens with zero attached hydrogens (tertiary/aromatic N) is 1. The molecule has 0 heterocycles. The summed E-state index contributed by atoms with van der Waals surface area (Å²) in [4.78, 5) is 20.6. The molecule has 82 valence electrons. The van der Waals surface area contributed by atoms with Gasteiger partial charge in [-0.3, -0.25) is 14.9 Å². The van der Waals surface area contributed by atoms with Crippen LogP contribution in [0.15, 0.2) is 18.2 Å². The first-order valence-electron chi connectivity index (χ1n) is 4.47. The molecular formula is C11H8ClNO3. The van der Waals surface area contributed by atoms with Crippen molar-refractivity contribution >= 4 is 23.6 Å².